The molecule has 1 nitrogen and oxygen atoms in total. The fourth-order valence-corrected chi connectivity index (χ4v) is 2.34. The van der Waals surface area contributed by atoms with Crippen LogP contribution in [0.4, 0.5) is 4.39 Å². The Balaban J connectivity index is 2.10. The van der Waals surface area contributed by atoms with E-state index in [4.69, 9.17) is 0 Å². The highest BCUT2D eigenvalue weighted by atomic mass is 19.1. The van der Waals surface area contributed by atoms with E-state index in [1.54, 1.807) is 7.05 Å². The Labute approximate surface area is 74.7 Å². The number of nitrogens with one attached hydrogen (secondary N) is 1. The Morgan fingerprint density at radius 3 is 2.50 bits per heavy atom. The molecule has 1 atom stereocenters. The maximum atomic E-state index is 13.1. The first-order chi connectivity index (χ1) is 5.53. The normalized spacial score (nSPS) is 25.0. The highest BCUT2D eigenvalue weighted by molar-refractivity contribution is 4.87. The second kappa shape index (κ2) is 3.73. The van der Waals surface area contributed by atoms with E-state index in [9.17, 15) is 4.39 Å². The largest absolute Gasteiger partial charge is 0.317 e. The fraction of sp³-hybridized carbons (Fsp3) is 1.00. The van der Waals surface area contributed by atoms with E-state index in [0.29, 0.717) is 17.9 Å². The van der Waals surface area contributed by atoms with Gasteiger partial charge >= 0.3 is 0 Å². The van der Waals surface area contributed by atoms with Crippen molar-refractivity contribution < 1.29 is 4.39 Å². The number of halogens is 1. The summed E-state index contributed by atoms with van der Waals surface area (Å²) in [5.41, 5.74) is 0.490. The Hall–Kier alpha value is -0.110. The molecule has 0 aromatic carbocycles. The molecule has 0 aliphatic heterocycles. The van der Waals surface area contributed by atoms with Crippen LogP contribution in [0.1, 0.15) is 33.1 Å². The van der Waals surface area contributed by atoms with Gasteiger partial charge in [-0.3, -0.25) is 0 Å². The predicted molar refractivity (Wildman–Crippen MR) is 49.9 cm³/mol. The van der Waals surface area contributed by atoms with Crippen LogP contribution in [0.15, 0.2) is 0 Å². The van der Waals surface area contributed by atoms with E-state index in [2.05, 4.69) is 19.2 Å². The first-order valence-corrected chi connectivity index (χ1v) is 4.82. The van der Waals surface area contributed by atoms with Crippen LogP contribution in [0.25, 0.3) is 0 Å². The lowest BCUT2D eigenvalue weighted by Gasteiger charge is -2.43. The third-order valence-electron chi connectivity index (χ3n) is 2.70. The molecule has 0 radical (unpaired) electrons. The minimum Gasteiger partial charge on any atom is -0.317 e. The van der Waals surface area contributed by atoms with Crippen molar-refractivity contribution in [1.29, 1.82) is 0 Å². The number of hydrogen-bond donors (Lipinski definition) is 1. The van der Waals surface area contributed by atoms with Crippen molar-refractivity contribution in [1.82, 2.24) is 5.32 Å². The average Bonchev–Trinajstić information content (AvgIpc) is 1.83. The molecule has 1 aliphatic rings. The number of rotatable bonds is 4. The fourth-order valence-electron chi connectivity index (χ4n) is 2.34. The van der Waals surface area contributed by atoms with E-state index in [1.165, 1.54) is 12.8 Å². The molecule has 1 fully saturated rings. The second-order valence-electron chi connectivity index (χ2n) is 4.83. The van der Waals surface area contributed by atoms with Gasteiger partial charge in [0.25, 0.3) is 0 Å². The van der Waals surface area contributed by atoms with Crippen LogP contribution in [-0.2, 0) is 0 Å². The van der Waals surface area contributed by atoms with Crippen LogP contribution in [0, 0.1) is 11.3 Å². The molecule has 2 heteroatoms. The highest BCUT2D eigenvalue weighted by Crippen LogP contribution is 2.46. The van der Waals surface area contributed by atoms with Crippen molar-refractivity contribution >= 4 is 0 Å². The van der Waals surface area contributed by atoms with Gasteiger partial charge in [0.2, 0.25) is 0 Å². The first kappa shape index (κ1) is 9.97. The SMILES string of the molecule is CNCC(F)CC1CC(C)(C)C1. The molecule has 1 saturated carbocycles. The first-order valence-electron chi connectivity index (χ1n) is 4.82. The molecule has 1 unspecified atom stereocenters. The van der Waals surface area contributed by atoms with Crippen LogP contribution in [0.2, 0.25) is 0 Å². The smallest absolute Gasteiger partial charge is 0.113 e. The Morgan fingerprint density at radius 2 is 2.08 bits per heavy atom. The lowest BCUT2D eigenvalue weighted by atomic mass is 9.63. The van der Waals surface area contributed by atoms with E-state index in [1.807, 2.05) is 0 Å². The Morgan fingerprint density at radius 1 is 1.50 bits per heavy atom. The van der Waals surface area contributed by atoms with E-state index < -0.39 is 6.17 Å². The predicted octanol–water partition coefficient (Wildman–Crippen LogP) is 2.37. The maximum Gasteiger partial charge on any atom is 0.113 e. The van der Waals surface area contributed by atoms with E-state index in [0.717, 1.165) is 6.42 Å². The Bertz CT molecular complexity index is 137. The summed E-state index contributed by atoms with van der Waals surface area (Å²) >= 11 is 0. The zero-order valence-electron chi connectivity index (χ0n) is 8.36. The molecule has 0 bridgehead atoms. The topological polar surface area (TPSA) is 12.0 Å². The summed E-state index contributed by atoms with van der Waals surface area (Å²) in [6.45, 7) is 5.03. The average molecular weight is 173 g/mol. The van der Waals surface area contributed by atoms with Crippen molar-refractivity contribution in [2.75, 3.05) is 13.6 Å². The highest BCUT2D eigenvalue weighted by Gasteiger charge is 2.36. The summed E-state index contributed by atoms with van der Waals surface area (Å²) in [6.07, 6.45) is 2.52. The van der Waals surface area contributed by atoms with Crippen LogP contribution < -0.4 is 5.32 Å². The van der Waals surface area contributed by atoms with Gasteiger partial charge in [0.1, 0.15) is 6.17 Å². The van der Waals surface area contributed by atoms with Crippen LogP contribution in [0.3, 0.4) is 0 Å². The van der Waals surface area contributed by atoms with Gasteiger partial charge in [0.15, 0.2) is 0 Å². The standard InChI is InChI=1S/C10H20FN/c1-10(2)5-8(6-10)4-9(11)7-12-3/h8-9,12H,4-7H2,1-3H3. The summed E-state index contributed by atoms with van der Waals surface area (Å²) in [7, 11) is 1.80. The van der Waals surface area contributed by atoms with Gasteiger partial charge in [-0.25, -0.2) is 4.39 Å². The van der Waals surface area contributed by atoms with Crippen molar-refractivity contribution in [2.24, 2.45) is 11.3 Å². The quantitative estimate of drug-likeness (QED) is 0.688. The number of alkyl halides is 1. The molecule has 1 N–H and O–H groups in total. The van der Waals surface area contributed by atoms with Crippen molar-refractivity contribution in [2.45, 2.75) is 39.3 Å². The minimum absolute atomic E-state index is 0.490. The molecule has 0 heterocycles. The second-order valence-corrected chi connectivity index (χ2v) is 4.83. The van der Waals surface area contributed by atoms with Gasteiger partial charge in [0, 0.05) is 6.54 Å². The van der Waals surface area contributed by atoms with Gasteiger partial charge in [-0.1, -0.05) is 13.8 Å². The summed E-state index contributed by atoms with van der Waals surface area (Å²) < 4.78 is 13.1. The molecule has 0 aromatic rings. The number of hydrogen-bond acceptors (Lipinski definition) is 1. The summed E-state index contributed by atoms with van der Waals surface area (Å²) in [6, 6.07) is 0. The van der Waals surface area contributed by atoms with E-state index >= 15 is 0 Å². The van der Waals surface area contributed by atoms with Gasteiger partial charge < -0.3 is 5.32 Å². The van der Waals surface area contributed by atoms with Gasteiger partial charge in [-0.2, -0.15) is 0 Å². The lowest BCUT2D eigenvalue weighted by Crippen LogP contribution is -2.34. The molecule has 72 valence electrons. The molecular formula is C10H20FN. The molecule has 1 rings (SSSR count). The third kappa shape index (κ3) is 2.74. The van der Waals surface area contributed by atoms with Gasteiger partial charge in [0.05, 0.1) is 0 Å². The molecule has 0 spiro atoms. The zero-order valence-corrected chi connectivity index (χ0v) is 8.36. The van der Waals surface area contributed by atoms with Crippen LogP contribution >= 0.6 is 0 Å². The summed E-state index contributed by atoms with van der Waals surface area (Å²) in [5.74, 6) is 0.642. The zero-order chi connectivity index (χ0) is 9.19. The summed E-state index contributed by atoms with van der Waals surface area (Å²) in [5, 5.41) is 2.87. The van der Waals surface area contributed by atoms with Gasteiger partial charge in [-0.05, 0) is 37.6 Å². The molecule has 0 aromatic heterocycles. The summed E-state index contributed by atoms with van der Waals surface area (Å²) in [4.78, 5) is 0. The van der Waals surface area contributed by atoms with Crippen molar-refractivity contribution in [3.8, 4) is 0 Å². The monoisotopic (exact) mass is 173 g/mol. The van der Waals surface area contributed by atoms with Gasteiger partial charge in [-0.15, -0.1) is 0 Å². The van der Waals surface area contributed by atoms with Crippen molar-refractivity contribution in [3.63, 3.8) is 0 Å². The van der Waals surface area contributed by atoms with E-state index in [-0.39, 0.29) is 0 Å². The molecule has 0 amide bonds. The maximum absolute atomic E-state index is 13.1. The molecular weight excluding hydrogens is 153 g/mol. The third-order valence-corrected chi connectivity index (χ3v) is 2.70. The molecule has 12 heavy (non-hydrogen) atoms. The van der Waals surface area contributed by atoms with Crippen molar-refractivity contribution in [3.05, 3.63) is 0 Å². The molecule has 0 saturated heterocycles. The van der Waals surface area contributed by atoms with Crippen LogP contribution in [-0.4, -0.2) is 19.8 Å². The Kier molecular flexibility index (Phi) is 3.10. The molecule has 1 aliphatic carbocycles. The minimum atomic E-state index is -0.643. The lowest BCUT2D eigenvalue weighted by molar-refractivity contribution is 0.0682. The van der Waals surface area contributed by atoms with Crippen LogP contribution in [0.5, 0.6) is 0 Å².